The maximum atomic E-state index is 13.5. The molecule has 1 aliphatic heterocycles. The summed E-state index contributed by atoms with van der Waals surface area (Å²) in [7, 11) is 0. The van der Waals surface area contributed by atoms with Crippen molar-refractivity contribution >= 4 is 17.7 Å². The van der Waals surface area contributed by atoms with Crippen molar-refractivity contribution in [3.8, 4) is 5.75 Å². The van der Waals surface area contributed by atoms with Gasteiger partial charge in [0.2, 0.25) is 0 Å². The second-order valence-electron chi connectivity index (χ2n) is 12.6. The van der Waals surface area contributed by atoms with E-state index in [0.717, 1.165) is 29.1 Å². The molecule has 0 radical (unpaired) electrons. The summed E-state index contributed by atoms with van der Waals surface area (Å²) in [6, 6.07) is 5.68. The number of likely N-dealkylation sites (tertiary alicyclic amines) is 1. The summed E-state index contributed by atoms with van der Waals surface area (Å²) in [5.74, 6) is 0.996. The number of nitrogens with zero attached hydrogens (tertiary/aromatic N) is 1. The van der Waals surface area contributed by atoms with Crippen LogP contribution in [-0.4, -0.2) is 53.2 Å². The lowest BCUT2D eigenvalue weighted by atomic mass is 10.0. The number of carbonyl (C=O) groups is 2. The van der Waals surface area contributed by atoms with Gasteiger partial charge in [0.25, 0.3) is 11.5 Å². The molecule has 0 unspecified atom stereocenters. The molecule has 2 aliphatic rings. The van der Waals surface area contributed by atoms with Crippen LogP contribution in [0.25, 0.3) is 0 Å². The fourth-order valence-corrected chi connectivity index (χ4v) is 5.68. The van der Waals surface area contributed by atoms with Crippen molar-refractivity contribution in [3.05, 3.63) is 56.5 Å². The number of anilines is 1. The quantitative estimate of drug-likeness (QED) is 0.383. The van der Waals surface area contributed by atoms with Crippen LogP contribution in [0, 0.1) is 26.7 Å². The van der Waals surface area contributed by atoms with E-state index in [-0.39, 0.29) is 30.2 Å². The average molecular weight is 567 g/mol. The Bertz CT molecular complexity index is 1300. The van der Waals surface area contributed by atoms with E-state index in [1.54, 1.807) is 11.0 Å². The highest BCUT2D eigenvalue weighted by molar-refractivity contribution is 5.97. The van der Waals surface area contributed by atoms with Crippen LogP contribution < -0.4 is 20.9 Å². The fourth-order valence-electron chi connectivity index (χ4n) is 5.68. The Morgan fingerprint density at radius 1 is 1.02 bits per heavy atom. The normalized spacial score (nSPS) is 16.5. The number of aromatic nitrogens is 1. The Hall–Kier alpha value is -3.49. The maximum Gasteiger partial charge on any atom is 0.410 e. The fraction of sp³-hybridized carbons (Fsp3) is 0.594. The van der Waals surface area contributed by atoms with Crippen LogP contribution in [0.1, 0.15) is 92.0 Å². The van der Waals surface area contributed by atoms with E-state index in [4.69, 9.17) is 9.47 Å². The first kappa shape index (κ1) is 30.5. The molecule has 2 aromatic rings. The van der Waals surface area contributed by atoms with Gasteiger partial charge in [-0.3, -0.25) is 9.59 Å². The van der Waals surface area contributed by atoms with Gasteiger partial charge >= 0.3 is 6.09 Å². The number of carbonyl (C=O) groups excluding carboxylic acids is 2. The molecule has 2 amide bonds. The first-order valence-corrected chi connectivity index (χ1v) is 14.9. The maximum absolute atomic E-state index is 13.5. The Kier molecular flexibility index (Phi) is 9.66. The summed E-state index contributed by atoms with van der Waals surface area (Å²) in [5.41, 5.74) is 3.71. The van der Waals surface area contributed by atoms with E-state index in [1.165, 1.54) is 25.7 Å². The molecule has 1 aliphatic carbocycles. The molecule has 224 valence electrons. The molecule has 41 heavy (non-hydrogen) atoms. The first-order chi connectivity index (χ1) is 19.4. The summed E-state index contributed by atoms with van der Waals surface area (Å²) < 4.78 is 11.9. The highest BCUT2D eigenvalue weighted by Crippen LogP contribution is 2.31. The van der Waals surface area contributed by atoms with Gasteiger partial charge < -0.3 is 30.0 Å². The lowest BCUT2D eigenvalue weighted by Crippen LogP contribution is -2.44. The lowest BCUT2D eigenvalue weighted by Gasteiger charge is -2.33. The molecule has 3 N–H and O–H groups in total. The second kappa shape index (κ2) is 13.0. The smallest absolute Gasteiger partial charge is 0.410 e. The molecule has 1 aromatic carbocycles. The average Bonchev–Trinajstić information content (AvgIpc) is 3.41. The summed E-state index contributed by atoms with van der Waals surface area (Å²) in [6.07, 6.45) is 5.94. The minimum absolute atomic E-state index is 0.0799. The predicted molar refractivity (Wildman–Crippen MR) is 161 cm³/mol. The van der Waals surface area contributed by atoms with Crippen molar-refractivity contribution in [1.29, 1.82) is 0 Å². The van der Waals surface area contributed by atoms with Crippen LogP contribution in [0.5, 0.6) is 5.75 Å². The van der Waals surface area contributed by atoms with Gasteiger partial charge in [-0.2, -0.15) is 0 Å². The van der Waals surface area contributed by atoms with E-state index < -0.39 is 5.60 Å². The Morgan fingerprint density at radius 3 is 2.34 bits per heavy atom. The number of H-pyrrole nitrogens is 1. The van der Waals surface area contributed by atoms with Gasteiger partial charge in [0.1, 0.15) is 17.5 Å². The number of benzene rings is 1. The molecule has 1 aromatic heterocycles. The molecule has 2 heterocycles. The van der Waals surface area contributed by atoms with Crippen LogP contribution in [-0.2, 0) is 11.3 Å². The van der Waals surface area contributed by atoms with Crippen LogP contribution in [0.2, 0.25) is 0 Å². The zero-order valence-electron chi connectivity index (χ0n) is 25.4. The van der Waals surface area contributed by atoms with Gasteiger partial charge in [-0.05, 0) is 83.6 Å². The zero-order chi connectivity index (χ0) is 29.7. The van der Waals surface area contributed by atoms with E-state index >= 15 is 0 Å². The molecule has 2 fully saturated rings. The van der Waals surface area contributed by atoms with E-state index in [2.05, 4.69) is 15.6 Å². The number of aryl methyl sites for hydroxylation is 2. The van der Waals surface area contributed by atoms with Crippen molar-refractivity contribution in [2.75, 3.05) is 25.0 Å². The second-order valence-corrected chi connectivity index (χ2v) is 12.6. The third kappa shape index (κ3) is 8.27. The van der Waals surface area contributed by atoms with Crippen LogP contribution in [0.15, 0.2) is 23.0 Å². The van der Waals surface area contributed by atoms with E-state index in [9.17, 15) is 14.4 Å². The van der Waals surface area contributed by atoms with E-state index in [1.807, 2.05) is 53.7 Å². The van der Waals surface area contributed by atoms with Gasteiger partial charge in [0.15, 0.2) is 0 Å². The number of pyridine rings is 1. The highest BCUT2D eigenvalue weighted by atomic mass is 16.6. The van der Waals surface area contributed by atoms with Crippen molar-refractivity contribution in [1.82, 2.24) is 15.2 Å². The molecule has 1 saturated carbocycles. The lowest BCUT2D eigenvalue weighted by molar-refractivity contribution is 0.0126. The van der Waals surface area contributed by atoms with Gasteiger partial charge in [0.05, 0.1) is 0 Å². The third-order valence-electron chi connectivity index (χ3n) is 8.00. The number of nitrogens with one attached hydrogen (secondary N) is 3. The molecule has 0 spiro atoms. The molecular weight excluding hydrogens is 520 g/mol. The number of piperidine rings is 1. The van der Waals surface area contributed by atoms with Crippen LogP contribution >= 0.6 is 0 Å². The van der Waals surface area contributed by atoms with Crippen molar-refractivity contribution < 1.29 is 19.1 Å². The van der Waals surface area contributed by atoms with Gasteiger partial charge in [-0.15, -0.1) is 0 Å². The number of amides is 2. The first-order valence-electron chi connectivity index (χ1n) is 14.9. The number of hydrogen-bond acceptors (Lipinski definition) is 6. The minimum atomic E-state index is -0.531. The topological polar surface area (TPSA) is 113 Å². The van der Waals surface area contributed by atoms with E-state index in [0.29, 0.717) is 48.7 Å². The number of ether oxygens (including phenoxy) is 2. The van der Waals surface area contributed by atoms with Crippen LogP contribution in [0.4, 0.5) is 10.5 Å². The molecule has 0 bridgehead atoms. The largest absolute Gasteiger partial charge is 0.490 e. The Morgan fingerprint density at radius 2 is 1.71 bits per heavy atom. The SMILES string of the molecule is Cc1cc(C)c(CNC(=O)c2cc(OC3CCN(C(=O)OC(C)(C)C)CC3)cc(NCC3CCCC3)c2C)c(=O)[nH]1. The van der Waals surface area contributed by atoms with Crippen molar-refractivity contribution in [3.63, 3.8) is 0 Å². The molecule has 0 atom stereocenters. The van der Waals surface area contributed by atoms with Gasteiger partial charge in [-0.25, -0.2) is 4.79 Å². The third-order valence-corrected chi connectivity index (χ3v) is 8.00. The Labute approximate surface area is 243 Å². The molecule has 9 heteroatoms. The minimum Gasteiger partial charge on any atom is -0.490 e. The highest BCUT2D eigenvalue weighted by Gasteiger charge is 2.28. The predicted octanol–water partition coefficient (Wildman–Crippen LogP) is 5.61. The molecule has 1 saturated heterocycles. The number of hydrogen-bond donors (Lipinski definition) is 3. The van der Waals surface area contributed by atoms with Gasteiger partial charge in [0, 0.05) is 67.6 Å². The molecular formula is C32H46N4O5. The zero-order valence-corrected chi connectivity index (χ0v) is 25.4. The summed E-state index contributed by atoms with van der Waals surface area (Å²) >= 11 is 0. The van der Waals surface area contributed by atoms with Gasteiger partial charge in [-0.1, -0.05) is 12.8 Å². The monoisotopic (exact) mass is 566 g/mol. The summed E-state index contributed by atoms with van der Waals surface area (Å²) in [5, 5.41) is 6.53. The van der Waals surface area contributed by atoms with Crippen molar-refractivity contribution in [2.45, 2.75) is 98.3 Å². The van der Waals surface area contributed by atoms with Crippen LogP contribution in [0.3, 0.4) is 0 Å². The number of aromatic amines is 1. The molecule has 4 rings (SSSR count). The Balaban J connectivity index is 1.48. The summed E-state index contributed by atoms with van der Waals surface area (Å²) in [6.45, 7) is 13.4. The standard InChI is InChI=1S/C32H46N4O5/c1-20-15-21(2)35-30(38)27(20)19-34-29(37)26-16-25(17-28(22(26)3)33-18-23-9-7-8-10-23)40-24-11-13-36(14-12-24)31(39)41-32(4,5)6/h15-17,23-24,33H,7-14,18-19H2,1-6H3,(H,34,37)(H,35,38). The molecule has 9 nitrogen and oxygen atoms in total. The summed E-state index contributed by atoms with van der Waals surface area (Å²) in [4.78, 5) is 42.9. The van der Waals surface area contributed by atoms with Crippen molar-refractivity contribution in [2.24, 2.45) is 5.92 Å². The number of rotatable bonds is 8.